The first-order chi connectivity index (χ1) is 36.1. The highest BCUT2D eigenvalue weighted by Crippen LogP contribution is 2.42. The minimum Gasteiger partial charge on any atom is -0.467 e. The lowest BCUT2D eigenvalue weighted by Gasteiger charge is -2.40. The molecule has 2 aromatic heterocycles. The molecule has 0 aliphatic carbocycles. The second kappa shape index (κ2) is 25.0. The lowest BCUT2D eigenvalue weighted by molar-refractivity contribution is -0.154. The van der Waals surface area contributed by atoms with Gasteiger partial charge in [-0.05, 0) is 85.6 Å². The first-order valence-corrected chi connectivity index (χ1v) is 28.2. The van der Waals surface area contributed by atoms with Gasteiger partial charge in [0, 0.05) is 67.7 Å². The average molecular weight is 1060 g/mol. The number of carbonyl (C=O) groups excluding carboxylic acids is 5. The molecule has 0 radical (unpaired) electrons. The SMILES string of the molecule is COC(=O)[C@H]1Cc2c([nH]c3ccccc23)[C@H](c2ccc(C(=O)N3CCN(CCCCCCCCCN[C@H](C(=O)N4C[C@H](O)C[C@H]4C(=O)N[C@@H](C)c4ccc(-c5scnc5C)cc4)C(C)(C)C)CC3)cc2)N1C(=O)CCl. The molecule has 4 N–H and O–H groups in total. The van der Waals surface area contributed by atoms with Crippen LogP contribution >= 0.6 is 22.9 Å². The number of hydrogen-bond donors (Lipinski definition) is 4. The Labute approximate surface area is 450 Å². The number of ether oxygens (including phenoxy) is 1. The second-order valence-electron chi connectivity index (χ2n) is 21.6. The number of aryl methyl sites for hydroxylation is 1. The molecule has 402 valence electrons. The van der Waals surface area contributed by atoms with Crippen molar-refractivity contribution >= 4 is 63.4 Å². The third-order valence-electron chi connectivity index (χ3n) is 15.4. The molecular weight excluding hydrogens is 988 g/mol. The van der Waals surface area contributed by atoms with Gasteiger partial charge in [0.15, 0.2) is 0 Å². The Kier molecular flexibility index (Phi) is 18.5. The third kappa shape index (κ3) is 13.0. The van der Waals surface area contributed by atoms with E-state index in [1.807, 2.05) is 118 Å². The second-order valence-corrected chi connectivity index (χ2v) is 22.8. The van der Waals surface area contributed by atoms with E-state index in [9.17, 15) is 29.1 Å². The maximum absolute atomic E-state index is 14.2. The molecular formula is C58H75ClN8O7S. The van der Waals surface area contributed by atoms with E-state index in [-0.39, 0.29) is 48.5 Å². The number of likely N-dealkylation sites (tertiary alicyclic amines) is 1. The number of esters is 1. The van der Waals surface area contributed by atoms with Crippen LogP contribution in [-0.2, 0) is 30.3 Å². The van der Waals surface area contributed by atoms with Crippen molar-refractivity contribution in [3.63, 3.8) is 0 Å². The number of aromatic nitrogens is 2. The molecule has 2 saturated heterocycles. The minimum absolute atomic E-state index is 0.0281. The van der Waals surface area contributed by atoms with Crippen LogP contribution in [-0.4, -0.2) is 147 Å². The van der Waals surface area contributed by atoms with Gasteiger partial charge in [0.1, 0.15) is 18.0 Å². The maximum Gasteiger partial charge on any atom is 0.328 e. The van der Waals surface area contributed by atoms with Crippen LogP contribution in [0.4, 0.5) is 0 Å². The van der Waals surface area contributed by atoms with Crippen LogP contribution in [0.5, 0.6) is 0 Å². The van der Waals surface area contributed by atoms with Gasteiger partial charge in [-0.3, -0.25) is 24.1 Å². The first kappa shape index (κ1) is 55.6. The number of alkyl halides is 1. The number of fused-ring (bicyclic) bond motifs is 3. The number of thiazole rings is 1. The van der Waals surface area contributed by atoms with Crippen LogP contribution in [0.3, 0.4) is 0 Å². The van der Waals surface area contributed by atoms with Gasteiger partial charge in [0.25, 0.3) is 5.91 Å². The van der Waals surface area contributed by atoms with Gasteiger partial charge in [-0.2, -0.15) is 0 Å². The number of para-hydroxylation sites is 1. The summed E-state index contributed by atoms with van der Waals surface area (Å²) in [4.78, 5) is 84.7. The predicted octanol–water partition coefficient (Wildman–Crippen LogP) is 8.19. The predicted molar refractivity (Wildman–Crippen MR) is 295 cm³/mol. The number of halogens is 1. The fraction of sp³-hybridized carbons (Fsp3) is 0.517. The van der Waals surface area contributed by atoms with Crippen LogP contribution < -0.4 is 10.6 Å². The number of nitrogens with zero attached hydrogens (tertiary/aromatic N) is 5. The zero-order valence-corrected chi connectivity index (χ0v) is 46.0. The Balaban J connectivity index is 0.732. The summed E-state index contributed by atoms with van der Waals surface area (Å²) in [7, 11) is 1.33. The van der Waals surface area contributed by atoms with Gasteiger partial charge in [-0.1, -0.05) is 107 Å². The number of methoxy groups -OCH3 is 1. The summed E-state index contributed by atoms with van der Waals surface area (Å²) in [6.07, 6.45) is 7.42. The standard InChI is InChI=1S/C58H75ClN8O7S/c1-37(39-18-22-41(23-19-39)52-38(2)61-36-75-52)62-54(70)47-32-43(68)35-66(47)56(72)53(58(3,4)5)60-26-14-10-8-7-9-11-15-27-64-28-30-65(31-29-64)55(71)42-24-20-40(21-25-42)51-50-45(44-16-12-13-17-46(44)63-50)33-48(57(73)74-6)67(51)49(69)34-59/h12-13,16-25,36-37,43,47-48,51,53,60,63,68H,7-11,14-15,26-35H2,1-6H3,(H,62,70)/t37-,43+,47-,48+,51-,53+/m0/s1. The number of hydrogen-bond acceptors (Lipinski definition) is 11. The number of amides is 4. The van der Waals surface area contributed by atoms with Crippen molar-refractivity contribution in [3.05, 3.63) is 112 Å². The zero-order valence-electron chi connectivity index (χ0n) is 44.4. The van der Waals surface area contributed by atoms with E-state index in [0.717, 1.165) is 114 Å². The summed E-state index contributed by atoms with van der Waals surface area (Å²) >= 11 is 7.73. The molecule has 4 amide bonds. The smallest absolute Gasteiger partial charge is 0.328 e. The number of aromatic amines is 1. The van der Waals surface area contributed by atoms with Crippen molar-refractivity contribution in [2.75, 3.05) is 58.8 Å². The van der Waals surface area contributed by atoms with Gasteiger partial charge in [-0.15, -0.1) is 22.9 Å². The van der Waals surface area contributed by atoms with Gasteiger partial charge < -0.3 is 40.2 Å². The first-order valence-electron chi connectivity index (χ1n) is 26.8. The molecule has 3 aliphatic heterocycles. The topological polar surface area (TPSA) is 181 Å². The number of β-amino-alcohol motifs (C(OH)–C–C–N with tert-alkyl or cyclic N) is 1. The lowest BCUT2D eigenvalue weighted by atomic mass is 9.85. The number of unbranched alkanes of at least 4 members (excludes halogenated alkanes) is 6. The van der Waals surface area contributed by atoms with Crippen LogP contribution in [0, 0.1) is 12.3 Å². The Morgan fingerprint density at radius 2 is 1.57 bits per heavy atom. The number of rotatable bonds is 20. The molecule has 8 rings (SSSR count). The van der Waals surface area contributed by atoms with Crippen molar-refractivity contribution in [2.45, 2.75) is 129 Å². The van der Waals surface area contributed by atoms with E-state index < -0.39 is 41.7 Å². The molecule has 2 fully saturated rings. The largest absolute Gasteiger partial charge is 0.467 e. The van der Waals surface area contributed by atoms with Crippen molar-refractivity contribution in [2.24, 2.45) is 5.41 Å². The summed E-state index contributed by atoms with van der Waals surface area (Å²) in [6, 6.07) is 20.4. The van der Waals surface area contributed by atoms with Crippen LogP contribution in [0.1, 0.15) is 130 Å². The van der Waals surface area contributed by atoms with Gasteiger partial charge >= 0.3 is 5.97 Å². The van der Waals surface area contributed by atoms with Crippen molar-refractivity contribution in [1.29, 1.82) is 0 Å². The van der Waals surface area contributed by atoms with Crippen LogP contribution in [0.15, 0.2) is 78.3 Å². The number of nitrogens with one attached hydrogen (secondary N) is 3. The van der Waals surface area contributed by atoms with E-state index in [2.05, 4.69) is 25.5 Å². The van der Waals surface area contributed by atoms with E-state index in [1.54, 1.807) is 16.2 Å². The molecule has 5 aromatic rings. The van der Waals surface area contributed by atoms with E-state index in [0.29, 0.717) is 31.6 Å². The van der Waals surface area contributed by atoms with Crippen LogP contribution in [0.2, 0.25) is 0 Å². The number of aliphatic hydroxyl groups excluding tert-OH is 1. The monoisotopic (exact) mass is 1060 g/mol. The molecule has 15 nitrogen and oxygen atoms in total. The van der Waals surface area contributed by atoms with Crippen molar-refractivity contribution < 1.29 is 33.8 Å². The fourth-order valence-electron chi connectivity index (χ4n) is 11.2. The van der Waals surface area contributed by atoms with Gasteiger partial charge in [0.2, 0.25) is 17.7 Å². The number of carbonyl (C=O) groups is 5. The Bertz CT molecular complexity index is 2770. The van der Waals surface area contributed by atoms with Gasteiger partial charge in [0.05, 0.1) is 47.4 Å². The summed E-state index contributed by atoms with van der Waals surface area (Å²) < 4.78 is 5.17. The molecule has 0 spiro atoms. The molecule has 17 heteroatoms. The van der Waals surface area contributed by atoms with Gasteiger partial charge in [-0.25, -0.2) is 9.78 Å². The molecule has 0 unspecified atom stereocenters. The van der Waals surface area contributed by atoms with Crippen molar-refractivity contribution in [1.82, 2.24) is 40.2 Å². The number of benzene rings is 3. The summed E-state index contributed by atoms with van der Waals surface area (Å²) in [5.41, 5.74) is 8.50. The molecule has 6 atom stereocenters. The molecule has 0 bridgehead atoms. The number of piperazine rings is 1. The summed E-state index contributed by atoms with van der Waals surface area (Å²) in [6.45, 7) is 14.8. The highest BCUT2D eigenvalue weighted by molar-refractivity contribution is 7.13. The molecule has 75 heavy (non-hydrogen) atoms. The highest BCUT2D eigenvalue weighted by Gasteiger charge is 2.45. The van der Waals surface area contributed by atoms with E-state index >= 15 is 0 Å². The fourth-order valence-corrected chi connectivity index (χ4v) is 12.2. The number of aliphatic hydroxyl groups is 1. The Hall–Kier alpha value is -5.65. The summed E-state index contributed by atoms with van der Waals surface area (Å²) in [5, 5.41) is 18.3. The Morgan fingerprint density at radius 1 is 0.893 bits per heavy atom. The average Bonchev–Trinajstić information content (AvgIpc) is 4.15. The van der Waals surface area contributed by atoms with Crippen molar-refractivity contribution in [3.8, 4) is 10.4 Å². The molecule has 3 aromatic carbocycles. The zero-order chi connectivity index (χ0) is 53.4. The lowest BCUT2D eigenvalue weighted by Crippen LogP contribution is -2.56. The molecule has 5 heterocycles. The highest BCUT2D eigenvalue weighted by atomic mass is 35.5. The molecule has 3 aliphatic rings. The van der Waals surface area contributed by atoms with Crippen LogP contribution in [0.25, 0.3) is 21.3 Å². The van der Waals surface area contributed by atoms with E-state index in [1.165, 1.54) is 12.0 Å². The molecule has 0 saturated carbocycles. The van der Waals surface area contributed by atoms with E-state index in [4.69, 9.17) is 16.3 Å². The number of H-pyrrole nitrogens is 1. The quantitative estimate of drug-likeness (QED) is 0.0337. The summed E-state index contributed by atoms with van der Waals surface area (Å²) in [5.74, 6) is -1.61. The minimum atomic E-state index is -0.856. The maximum atomic E-state index is 14.2. The Morgan fingerprint density at radius 3 is 2.23 bits per heavy atom. The third-order valence-corrected chi connectivity index (χ3v) is 16.6. The normalized spacial score (nSPS) is 20.0.